The maximum atomic E-state index is 11.2. The summed E-state index contributed by atoms with van der Waals surface area (Å²) in [6, 6.07) is 0. The van der Waals surface area contributed by atoms with Crippen LogP contribution in [0.15, 0.2) is 17.4 Å². The van der Waals surface area contributed by atoms with Gasteiger partial charge in [0, 0.05) is 5.92 Å². The Hall–Kier alpha value is -1.34. The Kier molecular flexibility index (Phi) is 0.878. The van der Waals surface area contributed by atoms with Crippen molar-refractivity contribution in [2.24, 2.45) is 17.8 Å². The molecule has 1 heterocycles. The van der Waals surface area contributed by atoms with Gasteiger partial charge in [-0.05, 0) is 18.1 Å². The molecule has 0 aromatic rings. The van der Waals surface area contributed by atoms with Crippen LogP contribution in [0.3, 0.4) is 0 Å². The third kappa shape index (κ3) is 0.507. The number of hydrogen-bond acceptors (Lipinski definition) is 3. The van der Waals surface area contributed by atoms with Crippen molar-refractivity contribution < 1.29 is 14.3 Å². The summed E-state index contributed by atoms with van der Waals surface area (Å²) in [4.78, 5) is 22.3. The summed E-state index contributed by atoms with van der Waals surface area (Å²) in [5, 5.41) is 0. The summed E-state index contributed by atoms with van der Waals surface area (Å²) in [6.07, 6.45) is 2.71. The zero-order valence-electron chi connectivity index (χ0n) is 6.24. The Bertz CT molecular complexity index is 360. The van der Waals surface area contributed by atoms with Gasteiger partial charge in [-0.3, -0.25) is 9.59 Å². The monoisotopic (exact) mass is 162 g/mol. The quantitative estimate of drug-likeness (QED) is 0.294. The molecule has 1 aliphatic heterocycles. The van der Waals surface area contributed by atoms with E-state index in [9.17, 15) is 9.59 Å². The number of carbonyl (C=O) groups is 2. The topological polar surface area (TPSA) is 43.4 Å². The lowest BCUT2D eigenvalue weighted by Gasteiger charge is -2.07. The summed E-state index contributed by atoms with van der Waals surface area (Å²) in [5.74, 6) is -1.03. The van der Waals surface area contributed by atoms with Crippen LogP contribution in [0.2, 0.25) is 0 Å². The fourth-order valence-electron chi connectivity index (χ4n) is 2.33. The molecule has 3 atom stereocenters. The molecule has 1 saturated carbocycles. The van der Waals surface area contributed by atoms with Gasteiger partial charge < -0.3 is 4.74 Å². The fraction of sp³-hybridized carbons (Fsp3) is 0.444. The highest BCUT2D eigenvalue weighted by atomic mass is 16.6. The van der Waals surface area contributed by atoms with E-state index in [0.29, 0.717) is 0 Å². The first-order valence-electron chi connectivity index (χ1n) is 3.98. The van der Waals surface area contributed by atoms with Crippen LogP contribution in [0.4, 0.5) is 0 Å². The lowest BCUT2D eigenvalue weighted by atomic mass is 9.89. The molecule has 60 valence electrons. The van der Waals surface area contributed by atoms with Gasteiger partial charge in [-0.15, -0.1) is 5.73 Å². The van der Waals surface area contributed by atoms with Gasteiger partial charge in [0.25, 0.3) is 0 Å². The molecule has 2 aliphatic carbocycles. The van der Waals surface area contributed by atoms with Gasteiger partial charge in [0.2, 0.25) is 0 Å². The van der Waals surface area contributed by atoms with Crippen molar-refractivity contribution >= 4 is 11.9 Å². The van der Waals surface area contributed by atoms with Crippen LogP contribution >= 0.6 is 0 Å². The Morgan fingerprint density at radius 3 is 3.00 bits per heavy atom. The molecule has 12 heavy (non-hydrogen) atoms. The Morgan fingerprint density at radius 1 is 1.42 bits per heavy atom. The number of fused-ring (bicyclic) bond motifs is 5. The van der Waals surface area contributed by atoms with Gasteiger partial charge in [0.05, 0.1) is 11.8 Å². The number of carbonyl (C=O) groups excluding carboxylic acids is 2. The second-order valence-corrected chi connectivity index (χ2v) is 3.45. The van der Waals surface area contributed by atoms with Crippen LogP contribution in [0.25, 0.3) is 0 Å². The zero-order chi connectivity index (χ0) is 8.29. The molecule has 0 amide bonds. The van der Waals surface area contributed by atoms with Crippen molar-refractivity contribution in [3.8, 4) is 0 Å². The molecule has 2 bridgehead atoms. The third-order valence-corrected chi connectivity index (χ3v) is 2.86. The zero-order valence-corrected chi connectivity index (χ0v) is 6.24. The highest BCUT2D eigenvalue weighted by Gasteiger charge is 2.55. The number of hydrogen-bond donors (Lipinski definition) is 0. The molecule has 3 unspecified atom stereocenters. The maximum absolute atomic E-state index is 11.2. The van der Waals surface area contributed by atoms with Crippen molar-refractivity contribution in [2.75, 3.05) is 0 Å². The van der Waals surface area contributed by atoms with E-state index >= 15 is 0 Å². The maximum Gasteiger partial charge on any atom is 0.322 e. The number of rotatable bonds is 0. The first kappa shape index (κ1) is 6.21. The van der Waals surface area contributed by atoms with E-state index in [1.165, 1.54) is 0 Å². The third-order valence-electron chi connectivity index (χ3n) is 2.86. The van der Waals surface area contributed by atoms with E-state index in [1.807, 2.05) is 6.08 Å². The van der Waals surface area contributed by atoms with Gasteiger partial charge >= 0.3 is 11.9 Å². The van der Waals surface area contributed by atoms with E-state index in [2.05, 4.69) is 10.5 Å². The molecule has 0 aromatic heterocycles. The first-order valence-corrected chi connectivity index (χ1v) is 3.98. The molecule has 0 N–H and O–H groups in total. The van der Waals surface area contributed by atoms with E-state index in [4.69, 9.17) is 0 Å². The number of ether oxygens (including phenoxy) is 1. The predicted octanol–water partition coefficient (Wildman–Crippen LogP) is 0.417. The van der Waals surface area contributed by atoms with Crippen molar-refractivity contribution in [3.63, 3.8) is 0 Å². The highest BCUT2D eigenvalue weighted by molar-refractivity contribution is 5.99. The molecule has 0 aromatic carbocycles. The smallest absolute Gasteiger partial charge is 0.322 e. The molecule has 3 rings (SSSR count). The Morgan fingerprint density at radius 2 is 2.25 bits per heavy atom. The molecular weight excluding hydrogens is 156 g/mol. The summed E-state index contributed by atoms with van der Waals surface area (Å²) >= 11 is 0. The van der Waals surface area contributed by atoms with Gasteiger partial charge in [-0.2, -0.15) is 0 Å². The second-order valence-electron chi connectivity index (χ2n) is 3.45. The number of esters is 2. The average Bonchev–Trinajstić information content (AvgIpc) is 2.64. The summed E-state index contributed by atoms with van der Waals surface area (Å²) in [7, 11) is 0. The summed E-state index contributed by atoms with van der Waals surface area (Å²) < 4.78 is 4.55. The average molecular weight is 162 g/mol. The molecule has 1 saturated heterocycles. The van der Waals surface area contributed by atoms with Crippen LogP contribution in [-0.2, 0) is 14.3 Å². The molecule has 3 aliphatic rings. The van der Waals surface area contributed by atoms with Gasteiger partial charge in [0.15, 0.2) is 0 Å². The minimum Gasteiger partial charge on any atom is -0.392 e. The van der Waals surface area contributed by atoms with Gasteiger partial charge in [0.1, 0.15) is 0 Å². The van der Waals surface area contributed by atoms with Crippen molar-refractivity contribution in [1.82, 2.24) is 0 Å². The van der Waals surface area contributed by atoms with Crippen LogP contribution in [0, 0.1) is 17.8 Å². The van der Waals surface area contributed by atoms with Crippen LogP contribution in [0.1, 0.15) is 6.42 Å². The Balaban J connectivity index is 2.15. The van der Waals surface area contributed by atoms with Crippen molar-refractivity contribution in [1.29, 1.82) is 0 Å². The van der Waals surface area contributed by atoms with Crippen LogP contribution in [0.5, 0.6) is 0 Å². The fourth-order valence-corrected chi connectivity index (χ4v) is 2.33. The first-order chi connectivity index (χ1) is 5.77. The predicted molar refractivity (Wildman–Crippen MR) is 37.8 cm³/mol. The van der Waals surface area contributed by atoms with Gasteiger partial charge in [-0.1, -0.05) is 0 Å². The summed E-state index contributed by atoms with van der Waals surface area (Å²) in [5.41, 5.74) is 3.98. The lowest BCUT2D eigenvalue weighted by molar-refractivity contribution is -0.154. The largest absolute Gasteiger partial charge is 0.392 e. The van der Waals surface area contributed by atoms with Gasteiger partial charge in [-0.25, -0.2) is 0 Å². The van der Waals surface area contributed by atoms with Crippen molar-refractivity contribution in [2.45, 2.75) is 6.42 Å². The molecule has 0 spiro atoms. The highest BCUT2D eigenvalue weighted by Crippen LogP contribution is 2.49. The summed E-state index contributed by atoms with van der Waals surface area (Å²) in [6.45, 7) is 0. The van der Waals surface area contributed by atoms with Crippen LogP contribution in [-0.4, -0.2) is 11.9 Å². The van der Waals surface area contributed by atoms with E-state index < -0.39 is 0 Å². The Labute approximate surface area is 68.7 Å². The van der Waals surface area contributed by atoms with Crippen molar-refractivity contribution in [3.05, 3.63) is 17.4 Å². The molecule has 3 heteroatoms. The minimum atomic E-state index is -0.372. The molecule has 2 fully saturated rings. The molecular formula is C9H6O3. The normalized spacial score (nSPS) is 41.7. The van der Waals surface area contributed by atoms with E-state index in [0.717, 1.165) is 12.0 Å². The molecule has 3 nitrogen and oxygen atoms in total. The van der Waals surface area contributed by atoms with E-state index in [-0.39, 0.29) is 29.7 Å². The second kappa shape index (κ2) is 1.70. The van der Waals surface area contributed by atoms with Crippen LogP contribution < -0.4 is 0 Å². The number of cyclic esters (lactones) is 2. The lowest BCUT2D eigenvalue weighted by Crippen LogP contribution is -2.18. The van der Waals surface area contributed by atoms with E-state index in [1.54, 1.807) is 0 Å². The molecule has 0 radical (unpaired) electrons. The SMILES string of the molecule is O=C1OC(=O)C2C3C=C=C(C3)C12. The minimum absolute atomic E-state index is 0.184. The standard InChI is InChI=1S/C9H6O3/c10-8-6-4-1-2-5(3-4)7(6)9(11)12-8/h1,4,6-7H,3H2.